The molecule has 0 heterocycles. The van der Waals surface area contributed by atoms with Gasteiger partial charge in [0.2, 0.25) is 0 Å². The van der Waals surface area contributed by atoms with Crippen LogP contribution in [0.4, 0.5) is 0 Å². The van der Waals surface area contributed by atoms with Crippen LogP contribution in [0, 0.1) is 59.4 Å². The standard InChI is InChI=1S/C30H26Si.2C4H10O.4CH3.2Al/c1-19-17-27-23-11-7-5-9-21(23)13-15-25(27)29(19)31(3,4)30-20(2)18-28-24-12-8-6-10-22(24)14-16-26(28)30;2*1-3-5-4-2;;;;;;/h5-18H,1-4H3;2*3-4H2,1-2H3;4*1H3;;/q;;;;;;;2*+1. The van der Waals surface area contributed by atoms with Gasteiger partial charge in [0.1, 0.15) is 0 Å². The molecule has 246 valence electrons. The molecule has 0 aromatic heterocycles. The van der Waals surface area contributed by atoms with E-state index in [2.05, 4.69) is 136 Å². The molecule has 4 aliphatic rings. The van der Waals surface area contributed by atoms with Gasteiger partial charge in [-0.2, -0.15) is 0 Å². The molecule has 6 rings (SSSR count). The van der Waals surface area contributed by atoms with Gasteiger partial charge in [-0.15, -0.1) is 0 Å². The molecule has 10 radical (unpaired) electrons. The molecular weight excluding hydrogens is 619 g/mol. The zero-order valence-corrected chi connectivity index (χ0v) is 34.7. The zero-order valence-electron chi connectivity index (χ0n) is 31.4. The van der Waals surface area contributed by atoms with Crippen LogP contribution in [0.3, 0.4) is 0 Å². The maximum absolute atomic E-state index is 4.83. The van der Waals surface area contributed by atoms with E-state index in [1.54, 1.807) is 11.1 Å². The first kappa shape index (κ1) is 42.3. The van der Waals surface area contributed by atoms with E-state index in [0.29, 0.717) is 0 Å². The first-order valence-corrected chi connectivity index (χ1v) is 25.0. The van der Waals surface area contributed by atoms with Gasteiger partial charge in [-0.25, -0.2) is 0 Å². The van der Waals surface area contributed by atoms with Crippen molar-refractivity contribution in [2.24, 2.45) is 0 Å². The molecule has 2 fully saturated rings. The van der Waals surface area contributed by atoms with Crippen molar-refractivity contribution >= 4 is 50.7 Å². The molecule has 0 bridgehead atoms. The molecule has 2 saturated carbocycles. The third-order valence-corrected chi connectivity index (χ3v) is 11.9. The predicted octanol–water partition coefficient (Wildman–Crippen LogP) is 10.7. The SMILES string of the molecule is CCOCC.CCOCC.C[C]1[CH][C]2[C](C=Cc3ccccc32)[C]1[Si](C)(C)[C]1[C](C)[CH][C]2[C]1C=Cc1ccccc12.[CH3][Al+][CH3].[CH3][Al+][CH3]. The van der Waals surface area contributed by atoms with E-state index >= 15 is 0 Å². The molecule has 2 aromatic carbocycles. The van der Waals surface area contributed by atoms with E-state index in [4.69, 9.17) is 9.47 Å². The quantitative estimate of drug-likeness (QED) is 0.284. The molecule has 4 aliphatic carbocycles. The van der Waals surface area contributed by atoms with Crippen molar-refractivity contribution in [1.82, 2.24) is 0 Å². The summed E-state index contributed by atoms with van der Waals surface area (Å²) >= 11 is 1.50. The summed E-state index contributed by atoms with van der Waals surface area (Å²) in [7, 11) is -1.94. The van der Waals surface area contributed by atoms with Gasteiger partial charge in [-0.05, 0) is 85.7 Å². The molecule has 0 atom stereocenters. The molecule has 5 heteroatoms. The molecule has 0 amide bonds. The van der Waals surface area contributed by atoms with Gasteiger partial charge < -0.3 is 9.47 Å². The van der Waals surface area contributed by atoms with Crippen LogP contribution in [-0.2, 0) is 9.47 Å². The van der Waals surface area contributed by atoms with E-state index in [1.165, 1.54) is 57.8 Å². The van der Waals surface area contributed by atoms with E-state index in [9.17, 15) is 0 Å². The number of hydrogen-bond acceptors (Lipinski definition) is 2. The van der Waals surface area contributed by atoms with Crippen LogP contribution < -0.4 is 0 Å². The van der Waals surface area contributed by atoms with Crippen LogP contribution in [-0.4, -0.2) is 64.9 Å². The van der Waals surface area contributed by atoms with Crippen LogP contribution in [0.2, 0.25) is 36.2 Å². The number of hydrogen-bond donors (Lipinski definition) is 0. The van der Waals surface area contributed by atoms with Gasteiger partial charge in [-0.1, -0.05) is 99.8 Å². The first-order valence-electron chi connectivity index (χ1n) is 17.4. The van der Waals surface area contributed by atoms with Crippen LogP contribution in [0.15, 0.2) is 60.7 Å². The van der Waals surface area contributed by atoms with Crippen molar-refractivity contribution in [3.05, 3.63) is 142 Å². The molecule has 2 aromatic rings. The van der Waals surface area contributed by atoms with E-state index in [-0.39, 0.29) is 0 Å². The van der Waals surface area contributed by atoms with Crippen molar-refractivity contribution in [1.29, 1.82) is 0 Å². The Balaban J connectivity index is 0.000000405. The number of benzene rings is 2. The zero-order chi connectivity index (χ0) is 35.0. The molecule has 0 N–H and O–H groups in total. The second kappa shape index (κ2) is 22.0. The summed E-state index contributed by atoms with van der Waals surface area (Å²) in [6, 6.07) is 17.6. The summed E-state index contributed by atoms with van der Waals surface area (Å²) in [4.78, 5) is 0. The van der Waals surface area contributed by atoms with Gasteiger partial charge in [0, 0.05) is 50.1 Å². The van der Waals surface area contributed by atoms with Gasteiger partial charge in [-0.3, -0.25) is 0 Å². The third kappa shape index (κ3) is 11.1. The van der Waals surface area contributed by atoms with Crippen molar-refractivity contribution in [3.8, 4) is 0 Å². The van der Waals surface area contributed by atoms with Gasteiger partial charge in [0.05, 0.1) is 8.07 Å². The summed E-state index contributed by atoms with van der Waals surface area (Å²) in [5, 5.41) is 0. The third-order valence-electron chi connectivity index (χ3n) is 8.06. The number of rotatable bonds is 6. The fraction of sp³-hybridized carbons (Fsp3) is 0.381. The van der Waals surface area contributed by atoms with Crippen LogP contribution >= 0.6 is 0 Å². The monoisotopic (exact) mass is 676 g/mol. The average molecular weight is 677 g/mol. The van der Waals surface area contributed by atoms with Gasteiger partial charge in [0.25, 0.3) is 0 Å². The first-order chi connectivity index (χ1) is 22.6. The Hall–Kier alpha value is -0.878. The van der Waals surface area contributed by atoms with E-state index in [0.717, 1.165) is 56.9 Å². The van der Waals surface area contributed by atoms with Crippen molar-refractivity contribution in [3.63, 3.8) is 0 Å². The second-order valence-corrected chi connectivity index (χ2v) is 18.8. The summed E-state index contributed by atoms with van der Waals surface area (Å²) < 4.78 is 9.67. The van der Waals surface area contributed by atoms with Crippen molar-refractivity contribution < 1.29 is 9.47 Å². The van der Waals surface area contributed by atoms with Crippen LogP contribution in [0.5, 0.6) is 0 Å². The number of fused-ring (bicyclic) bond motifs is 6. The van der Waals surface area contributed by atoms with Gasteiger partial charge in [0.15, 0.2) is 0 Å². The maximum atomic E-state index is 4.83. The molecule has 0 unspecified atom stereocenters. The van der Waals surface area contributed by atoms with Crippen molar-refractivity contribution in [2.45, 2.75) is 77.8 Å². The van der Waals surface area contributed by atoms with Crippen LogP contribution in [0.1, 0.15) is 63.8 Å². The normalized spacial score (nSPS) is 18.0. The Bertz CT molecular complexity index is 1120. The summed E-state index contributed by atoms with van der Waals surface area (Å²) in [5.74, 6) is 17.4. The number of allylic oxidation sites excluding steroid dienone is 2. The summed E-state index contributed by atoms with van der Waals surface area (Å²) in [6.45, 7) is 21.0. The number of ether oxygens (including phenoxy) is 2. The Morgan fingerprint density at radius 2 is 0.830 bits per heavy atom. The van der Waals surface area contributed by atoms with E-state index < -0.39 is 8.07 Å². The Labute approximate surface area is 305 Å². The fourth-order valence-corrected chi connectivity index (χ4v) is 10.7. The fourth-order valence-electron chi connectivity index (χ4n) is 6.53. The Kier molecular flexibility index (Phi) is 19.8. The topological polar surface area (TPSA) is 18.5 Å². The minimum absolute atomic E-state index is 0.750. The van der Waals surface area contributed by atoms with E-state index in [1.807, 2.05) is 27.7 Å². The Morgan fingerprint density at radius 1 is 0.511 bits per heavy atom. The van der Waals surface area contributed by atoms with Crippen LogP contribution in [0.25, 0.3) is 12.2 Å². The van der Waals surface area contributed by atoms with Gasteiger partial charge >= 0.3 is 53.6 Å². The summed E-state index contributed by atoms with van der Waals surface area (Å²) in [5.41, 5.74) is 8.58. The molecule has 0 saturated heterocycles. The molecule has 0 spiro atoms. The Morgan fingerprint density at radius 3 is 1.13 bits per heavy atom. The van der Waals surface area contributed by atoms with Crippen molar-refractivity contribution in [2.75, 3.05) is 26.4 Å². The second-order valence-electron chi connectivity index (χ2n) is 12.2. The molecule has 2 nitrogen and oxygen atoms in total. The molecule has 47 heavy (non-hydrogen) atoms. The predicted molar refractivity (Wildman–Crippen MR) is 212 cm³/mol. The molecule has 0 aliphatic heterocycles. The molecular formula is C42H58Al2O2Si+2. The minimum atomic E-state index is -1.94. The summed E-state index contributed by atoms with van der Waals surface area (Å²) in [6.07, 6.45) is 14.2. The average Bonchev–Trinajstić information content (AvgIpc) is 3.60.